The topological polar surface area (TPSA) is 115 Å². The van der Waals surface area contributed by atoms with Crippen molar-refractivity contribution in [3.05, 3.63) is 29.8 Å². The zero-order valence-corrected chi connectivity index (χ0v) is 14.5. The minimum atomic E-state index is -3.59. The summed E-state index contributed by atoms with van der Waals surface area (Å²) in [6.07, 6.45) is 5.14. The van der Waals surface area contributed by atoms with Crippen LogP contribution < -0.4 is 16.2 Å². The van der Waals surface area contributed by atoms with Crippen LogP contribution in [0.3, 0.4) is 0 Å². The van der Waals surface area contributed by atoms with Crippen LogP contribution in [0.1, 0.15) is 37.7 Å². The van der Waals surface area contributed by atoms with Crippen LogP contribution in [-0.2, 0) is 20.6 Å². The fraction of sp³-hybridized carbons (Fsp3) is 0.588. The SMILES string of the molecule is NC1C2CCCC1CC(C(=O)Nc1cccc(CS(N)(=O)=O)c1)C2. The van der Waals surface area contributed by atoms with Crippen molar-refractivity contribution >= 4 is 21.6 Å². The number of carbonyl (C=O) groups is 1. The predicted octanol–water partition coefficient (Wildman–Crippen LogP) is 1.57. The van der Waals surface area contributed by atoms with Crippen molar-refractivity contribution in [1.29, 1.82) is 0 Å². The molecule has 132 valence electrons. The molecule has 1 aromatic rings. The van der Waals surface area contributed by atoms with Gasteiger partial charge in [0.25, 0.3) is 0 Å². The number of anilines is 1. The van der Waals surface area contributed by atoms with Gasteiger partial charge in [0.15, 0.2) is 0 Å². The maximum absolute atomic E-state index is 12.6. The molecule has 2 aliphatic carbocycles. The molecule has 2 bridgehead atoms. The van der Waals surface area contributed by atoms with Crippen molar-refractivity contribution in [2.45, 2.75) is 43.9 Å². The van der Waals surface area contributed by atoms with E-state index in [-0.39, 0.29) is 23.6 Å². The minimum Gasteiger partial charge on any atom is -0.327 e. The lowest BCUT2D eigenvalue weighted by molar-refractivity contribution is -0.122. The first-order valence-corrected chi connectivity index (χ1v) is 10.2. The molecule has 1 amide bonds. The lowest BCUT2D eigenvalue weighted by Crippen LogP contribution is -2.48. The predicted molar refractivity (Wildman–Crippen MR) is 93.4 cm³/mol. The molecule has 5 N–H and O–H groups in total. The lowest BCUT2D eigenvalue weighted by atomic mass is 9.65. The molecule has 2 fully saturated rings. The van der Waals surface area contributed by atoms with Gasteiger partial charge in [-0.2, -0.15) is 0 Å². The van der Waals surface area contributed by atoms with Crippen LogP contribution >= 0.6 is 0 Å². The van der Waals surface area contributed by atoms with Gasteiger partial charge in [-0.3, -0.25) is 4.79 Å². The third kappa shape index (κ3) is 4.15. The smallest absolute Gasteiger partial charge is 0.227 e. The molecule has 0 aromatic heterocycles. The van der Waals surface area contributed by atoms with Gasteiger partial charge < -0.3 is 11.1 Å². The molecule has 1 aromatic carbocycles. The van der Waals surface area contributed by atoms with Crippen LogP contribution in [0.4, 0.5) is 5.69 Å². The molecule has 2 saturated carbocycles. The van der Waals surface area contributed by atoms with Crippen LogP contribution in [-0.4, -0.2) is 20.4 Å². The van der Waals surface area contributed by atoms with Gasteiger partial charge in [-0.05, 0) is 55.2 Å². The lowest BCUT2D eigenvalue weighted by Gasteiger charge is -2.43. The zero-order valence-electron chi connectivity index (χ0n) is 13.6. The molecule has 2 unspecified atom stereocenters. The molecule has 0 spiro atoms. The number of nitrogens with two attached hydrogens (primary N) is 2. The maximum atomic E-state index is 12.6. The van der Waals surface area contributed by atoms with Crippen LogP contribution in [0.2, 0.25) is 0 Å². The monoisotopic (exact) mass is 351 g/mol. The average molecular weight is 351 g/mol. The van der Waals surface area contributed by atoms with Gasteiger partial charge in [0.1, 0.15) is 0 Å². The van der Waals surface area contributed by atoms with Crippen LogP contribution in [0.25, 0.3) is 0 Å². The summed E-state index contributed by atoms with van der Waals surface area (Å²) < 4.78 is 22.4. The molecule has 2 atom stereocenters. The number of hydrogen-bond donors (Lipinski definition) is 3. The summed E-state index contributed by atoms with van der Waals surface area (Å²) in [6.45, 7) is 0. The molecule has 0 radical (unpaired) electrons. The number of amides is 1. The third-order valence-corrected chi connectivity index (χ3v) is 6.08. The number of primary sulfonamides is 1. The summed E-state index contributed by atoms with van der Waals surface area (Å²) in [6, 6.07) is 7.07. The molecule has 0 aliphatic heterocycles. The first kappa shape index (κ1) is 17.4. The highest BCUT2D eigenvalue weighted by Crippen LogP contribution is 2.42. The number of benzene rings is 1. The normalized spacial score (nSPS) is 29.9. The molecule has 0 heterocycles. The zero-order chi connectivity index (χ0) is 17.3. The number of rotatable bonds is 4. The Labute approximate surface area is 143 Å². The molecular formula is C17H25N3O3S. The van der Waals surface area contributed by atoms with Crippen LogP contribution in [0.5, 0.6) is 0 Å². The molecule has 2 aliphatic rings. The molecule has 24 heavy (non-hydrogen) atoms. The van der Waals surface area contributed by atoms with E-state index >= 15 is 0 Å². The van der Waals surface area contributed by atoms with Crippen molar-refractivity contribution in [2.24, 2.45) is 28.6 Å². The fourth-order valence-corrected chi connectivity index (χ4v) is 4.86. The maximum Gasteiger partial charge on any atom is 0.227 e. The van der Waals surface area contributed by atoms with E-state index in [4.69, 9.17) is 10.9 Å². The van der Waals surface area contributed by atoms with E-state index in [0.29, 0.717) is 23.1 Å². The summed E-state index contributed by atoms with van der Waals surface area (Å²) in [5.41, 5.74) is 7.46. The average Bonchev–Trinajstić information content (AvgIpc) is 2.45. The Morgan fingerprint density at radius 2 is 1.88 bits per heavy atom. The van der Waals surface area contributed by atoms with E-state index in [2.05, 4.69) is 5.32 Å². The van der Waals surface area contributed by atoms with Gasteiger partial charge in [0, 0.05) is 17.6 Å². The highest BCUT2D eigenvalue weighted by molar-refractivity contribution is 7.88. The van der Waals surface area contributed by atoms with E-state index < -0.39 is 10.0 Å². The van der Waals surface area contributed by atoms with Gasteiger partial charge in [0.05, 0.1) is 5.75 Å². The van der Waals surface area contributed by atoms with Gasteiger partial charge in [0.2, 0.25) is 15.9 Å². The summed E-state index contributed by atoms with van der Waals surface area (Å²) in [5.74, 6) is 0.650. The second kappa shape index (κ2) is 6.82. The molecular weight excluding hydrogens is 326 g/mol. The molecule has 0 saturated heterocycles. The van der Waals surface area contributed by atoms with Crippen molar-refractivity contribution in [3.8, 4) is 0 Å². The number of sulfonamides is 1. The fourth-order valence-electron chi connectivity index (χ4n) is 4.22. The van der Waals surface area contributed by atoms with Gasteiger partial charge in [-0.25, -0.2) is 13.6 Å². The Morgan fingerprint density at radius 1 is 1.21 bits per heavy atom. The Morgan fingerprint density at radius 3 is 2.50 bits per heavy atom. The Bertz CT molecular complexity index is 706. The van der Waals surface area contributed by atoms with Crippen LogP contribution in [0.15, 0.2) is 24.3 Å². The Kier molecular flexibility index (Phi) is 4.94. The van der Waals surface area contributed by atoms with E-state index in [9.17, 15) is 13.2 Å². The van der Waals surface area contributed by atoms with Crippen LogP contribution in [0, 0.1) is 17.8 Å². The molecule has 7 heteroatoms. The standard InChI is InChI=1S/C17H25N3O3S/c18-16-12-4-2-5-13(16)9-14(8-12)17(21)20-15-6-1-3-11(7-15)10-24(19,22)23/h1,3,6-7,12-14,16H,2,4-5,8-10,18H2,(H,20,21)(H2,19,22,23). The summed E-state index contributed by atoms with van der Waals surface area (Å²) in [4.78, 5) is 12.6. The molecule has 3 rings (SSSR count). The first-order chi connectivity index (χ1) is 11.3. The number of nitrogens with one attached hydrogen (secondary N) is 1. The van der Waals surface area contributed by atoms with Gasteiger partial charge >= 0.3 is 0 Å². The highest BCUT2D eigenvalue weighted by Gasteiger charge is 2.40. The largest absolute Gasteiger partial charge is 0.327 e. The van der Waals surface area contributed by atoms with E-state index in [1.165, 1.54) is 6.42 Å². The van der Waals surface area contributed by atoms with Gasteiger partial charge in [-0.1, -0.05) is 18.6 Å². The summed E-state index contributed by atoms with van der Waals surface area (Å²) in [7, 11) is -3.59. The Hall–Kier alpha value is -1.44. The quantitative estimate of drug-likeness (QED) is 0.763. The third-order valence-electron chi connectivity index (χ3n) is 5.35. The minimum absolute atomic E-state index is 0.00607. The van der Waals surface area contributed by atoms with Crippen molar-refractivity contribution in [3.63, 3.8) is 0 Å². The Balaban J connectivity index is 1.66. The second-order valence-corrected chi connectivity index (χ2v) is 8.81. The van der Waals surface area contributed by atoms with Crippen molar-refractivity contribution in [1.82, 2.24) is 0 Å². The van der Waals surface area contributed by atoms with Crippen molar-refractivity contribution in [2.75, 3.05) is 5.32 Å². The van der Waals surface area contributed by atoms with E-state index in [1.807, 2.05) is 0 Å². The summed E-state index contributed by atoms with van der Waals surface area (Å²) in [5, 5.41) is 8.00. The van der Waals surface area contributed by atoms with E-state index in [1.54, 1.807) is 24.3 Å². The van der Waals surface area contributed by atoms with Crippen molar-refractivity contribution < 1.29 is 13.2 Å². The van der Waals surface area contributed by atoms with Gasteiger partial charge in [-0.15, -0.1) is 0 Å². The number of carbonyl (C=O) groups excluding carboxylic acids is 1. The number of hydrogen-bond acceptors (Lipinski definition) is 4. The summed E-state index contributed by atoms with van der Waals surface area (Å²) >= 11 is 0. The second-order valence-electron chi connectivity index (χ2n) is 7.19. The number of fused-ring (bicyclic) bond motifs is 2. The molecule has 6 nitrogen and oxygen atoms in total. The van der Waals surface area contributed by atoms with E-state index in [0.717, 1.165) is 25.7 Å². The highest BCUT2D eigenvalue weighted by atomic mass is 32.2. The first-order valence-electron chi connectivity index (χ1n) is 8.47.